The molecule has 0 aliphatic carbocycles. The van der Waals surface area contributed by atoms with Crippen LogP contribution >= 0.6 is 0 Å². The van der Waals surface area contributed by atoms with E-state index in [1.54, 1.807) is 12.3 Å². The minimum atomic E-state index is 0.407. The molecule has 14 heavy (non-hydrogen) atoms. The Labute approximate surface area is 84.8 Å². The van der Waals surface area contributed by atoms with Crippen LogP contribution in [0.4, 0.5) is 5.69 Å². The molecular weight excluding hydrogens is 174 g/mol. The van der Waals surface area contributed by atoms with Gasteiger partial charge < -0.3 is 5.32 Å². The third kappa shape index (κ3) is 2.74. The molecule has 3 nitrogen and oxygen atoms in total. The van der Waals surface area contributed by atoms with Crippen molar-refractivity contribution in [2.75, 3.05) is 5.32 Å². The van der Waals surface area contributed by atoms with Gasteiger partial charge in [0.15, 0.2) is 0 Å². The Kier molecular flexibility index (Phi) is 3.47. The molecule has 0 spiro atoms. The fourth-order valence-corrected chi connectivity index (χ4v) is 0.975. The summed E-state index contributed by atoms with van der Waals surface area (Å²) in [5, 5.41) is 11.9. The second-order valence-corrected chi connectivity index (χ2v) is 3.72. The predicted molar refractivity (Wildman–Crippen MR) is 56.9 cm³/mol. The molecule has 0 bridgehead atoms. The zero-order valence-electron chi connectivity index (χ0n) is 8.78. The summed E-state index contributed by atoms with van der Waals surface area (Å²) in [5.74, 6) is 0.575. The Morgan fingerprint density at radius 1 is 1.36 bits per heavy atom. The van der Waals surface area contributed by atoms with E-state index >= 15 is 0 Å². The SMILES string of the molecule is CC(C)C(C)Nc1ccc(C#N)nc1. The van der Waals surface area contributed by atoms with Crippen LogP contribution in [0, 0.1) is 17.2 Å². The maximum absolute atomic E-state index is 8.57. The van der Waals surface area contributed by atoms with Gasteiger partial charge in [-0.1, -0.05) is 13.8 Å². The summed E-state index contributed by atoms with van der Waals surface area (Å²) in [6.07, 6.45) is 1.69. The molecule has 1 atom stereocenters. The molecule has 1 unspecified atom stereocenters. The lowest BCUT2D eigenvalue weighted by Gasteiger charge is -2.18. The first-order chi connectivity index (χ1) is 6.63. The standard InChI is InChI=1S/C11H15N3/c1-8(2)9(3)14-11-5-4-10(6-12)13-7-11/h4-5,7-9,14H,1-3H3. The number of anilines is 1. The van der Waals surface area contributed by atoms with E-state index in [2.05, 4.69) is 31.1 Å². The average Bonchev–Trinajstić information content (AvgIpc) is 2.19. The highest BCUT2D eigenvalue weighted by Crippen LogP contribution is 2.11. The average molecular weight is 189 g/mol. The van der Waals surface area contributed by atoms with Crippen LogP contribution in [0.25, 0.3) is 0 Å². The van der Waals surface area contributed by atoms with Gasteiger partial charge in [0.2, 0.25) is 0 Å². The van der Waals surface area contributed by atoms with Crippen LogP contribution in [0.2, 0.25) is 0 Å². The summed E-state index contributed by atoms with van der Waals surface area (Å²) in [6, 6.07) is 6.00. The second-order valence-electron chi connectivity index (χ2n) is 3.72. The van der Waals surface area contributed by atoms with Crippen molar-refractivity contribution in [2.45, 2.75) is 26.8 Å². The molecule has 0 aliphatic heterocycles. The Hall–Kier alpha value is -1.56. The van der Waals surface area contributed by atoms with Gasteiger partial charge in [-0.25, -0.2) is 4.98 Å². The van der Waals surface area contributed by atoms with Gasteiger partial charge in [-0.2, -0.15) is 5.26 Å². The van der Waals surface area contributed by atoms with E-state index < -0.39 is 0 Å². The van der Waals surface area contributed by atoms with Crippen LogP contribution in [-0.4, -0.2) is 11.0 Å². The Morgan fingerprint density at radius 2 is 2.07 bits per heavy atom. The molecule has 1 aromatic heterocycles. The van der Waals surface area contributed by atoms with Gasteiger partial charge in [-0.3, -0.25) is 0 Å². The van der Waals surface area contributed by atoms with Gasteiger partial charge in [0, 0.05) is 6.04 Å². The highest BCUT2D eigenvalue weighted by atomic mass is 14.9. The number of nitrogens with one attached hydrogen (secondary N) is 1. The van der Waals surface area contributed by atoms with Gasteiger partial charge in [0.1, 0.15) is 11.8 Å². The van der Waals surface area contributed by atoms with Crippen LogP contribution in [0.1, 0.15) is 26.5 Å². The lowest BCUT2D eigenvalue weighted by molar-refractivity contribution is 0.560. The number of pyridine rings is 1. The van der Waals surface area contributed by atoms with Crippen molar-refractivity contribution < 1.29 is 0 Å². The van der Waals surface area contributed by atoms with E-state index in [1.807, 2.05) is 12.1 Å². The molecule has 0 aromatic carbocycles. The minimum absolute atomic E-state index is 0.407. The van der Waals surface area contributed by atoms with Crippen molar-refractivity contribution in [3.8, 4) is 6.07 Å². The molecule has 74 valence electrons. The lowest BCUT2D eigenvalue weighted by Crippen LogP contribution is -2.21. The van der Waals surface area contributed by atoms with Gasteiger partial charge >= 0.3 is 0 Å². The van der Waals surface area contributed by atoms with Gasteiger partial charge in [-0.15, -0.1) is 0 Å². The molecule has 0 fully saturated rings. The predicted octanol–water partition coefficient (Wildman–Crippen LogP) is 2.41. The number of hydrogen-bond donors (Lipinski definition) is 1. The molecule has 1 aromatic rings. The molecule has 1 rings (SSSR count). The monoisotopic (exact) mass is 189 g/mol. The molecule has 0 saturated heterocycles. The van der Waals surface area contributed by atoms with Crippen molar-refractivity contribution in [3.63, 3.8) is 0 Å². The molecule has 0 radical (unpaired) electrons. The first-order valence-corrected chi connectivity index (χ1v) is 4.76. The molecule has 0 aliphatic rings. The Bertz CT molecular complexity index is 321. The van der Waals surface area contributed by atoms with Gasteiger partial charge in [-0.05, 0) is 25.0 Å². The first-order valence-electron chi connectivity index (χ1n) is 4.76. The second kappa shape index (κ2) is 4.61. The van der Waals surface area contributed by atoms with Crippen LogP contribution in [0.3, 0.4) is 0 Å². The van der Waals surface area contributed by atoms with Crippen molar-refractivity contribution >= 4 is 5.69 Å². The fourth-order valence-electron chi connectivity index (χ4n) is 0.975. The van der Waals surface area contributed by atoms with Crippen LogP contribution in [0.5, 0.6) is 0 Å². The summed E-state index contributed by atoms with van der Waals surface area (Å²) in [6.45, 7) is 6.45. The normalized spacial score (nSPS) is 12.2. The maximum Gasteiger partial charge on any atom is 0.140 e. The third-order valence-corrected chi connectivity index (χ3v) is 2.27. The molecule has 1 N–H and O–H groups in total. The number of nitrogens with zero attached hydrogens (tertiary/aromatic N) is 2. The zero-order valence-corrected chi connectivity index (χ0v) is 8.78. The number of aromatic nitrogens is 1. The van der Waals surface area contributed by atoms with E-state index in [-0.39, 0.29) is 0 Å². The van der Waals surface area contributed by atoms with Crippen LogP contribution in [0.15, 0.2) is 18.3 Å². The highest BCUT2D eigenvalue weighted by molar-refractivity contribution is 5.43. The van der Waals surface area contributed by atoms with E-state index in [1.165, 1.54) is 0 Å². The molecular formula is C11H15N3. The number of hydrogen-bond acceptors (Lipinski definition) is 3. The largest absolute Gasteiger partial charge is 0.381 e. The highest BCUT2D eigenvalue weighted by Gasteiger charge is 2.06. The Morgan fingerprint density at radius 3 is 2.50 bits per heavy atom. The topological polar surface area (TPSA) is 48.7 Å². The van der Waals surface area contributed by atoms with Crippen molar-refractivity contribution in [1.82, 2.24) is 4.98 Å². The quantitative estimate of drug-likeness (QED) is 0.794. The van der Waals surface area contributed by atoms with E-state index in [9.17, 15) is 0 Å². The van der Waals surface area contributed by atoms with Crippen molar-refractivity contribution in [1.29, 1.82) is 5.26 Å². The van der Waals surface area contributed by atoms with Crippen molar-refractivity contribution in [3.05, 3.63) is 24.0 Å². The summed E-state index contributed by atoms with van der Waals surface area (Å²) in [5.41, 5.74) is 1.41. The van der Waals surface area contributed by atoms with Gasteiger partial charge in [0.25, 0.3) is 0 Å². The van der Waals surface area contributed by atoms with Crippen LogP contribution in [-0.2, 0) is 0 Å². The van der Waals surface area contributed by atoms with E-state index in [0.29, 0.717) is 17.7 Å². The number of rotatable bonds is 3. The molecule has 0 amide bonds. The lowest BCUT2D eigenvalue weighted by atomic mass is 10.1. The zero-order chi connectivity index (χ0) is 10.6. The number of nitriles is 1. The van der Waals surface area contributed by atoms with Crippen molar-refractivity contribution in [2.24, 2.45) is 5.92 Å². The molecule has 3 heteroatoms. The Balaban J connectivity index is 2.65. The summed E-state index contributed by atoms with van der Waals surface area (Å²) < 4.78 is 0. The van der Waals surface area contributed by atoms with Gasteiger partial charge in [0.05, 0.1) is 11.9 Å². The maximum atomic E-state index is 8.57. The molecule has 0 saturated carbocycles. The fraction of sp³-hybridized carbons (Fsp3) is 0.455. The van der Waals surface area contributed by atoms with Crippen LogP contribution < -0.4 is 5.32 Å². The smallest absolute Gasteiger partial charge is 0.140 e. The minimum Gasteiger partial charge on any atom is -0.381 e. The van der Waals surface area contributed by atoms with E-state index in [4.69, 9.17) is 5.26 Å². The third-order valence-electron chi connectivity index (χ3n) is 2.27. The summed E-state index contributed by atoms with van der Waals surface area (Å²) >= 11 is 0. The summed E-state index contributed by atoms with van der Waals surface area (Å²) in [4.78, 5) is 3.99. The van der Waals surface area contributed by atoms with E-state index in [0.717, 1.165) is 5.69 Å². The molecule has 1 heterocycles. The first kappa shape index (κ1) is 10.5. The summed E-state index contributed by atoms with van der Waals surface area (Å²) in [7, 11) is 0.